The van der Waals surface area contributed by atoms with Crippen molar-refractivity contribution in [1.29, 1.82) is 0 Å². The monoisotopic (exact) mass is 351 g/mol. The van der Waals surface area contributed by atoms with Crippen LogP contribution in [0.2, 0.25) is 0 Å². The molecule has 1 atom stereocenters. The molecule has 7 nitrogen and oxygen atoms in total. The molecule has 23 heavy (non-hydrogen) atoms. The lowest BCUT2D eigenvalue weighted by Crippen LogP contribution is -2.49. The van der Waals surface area contributed by atoms with Crippen molar-refractivity contribution in [3.05, 3.63) is 24.3 Å². The van der Waals surface area contributed by atoms with E-state index in [1.54, 1.807) is 0 Å². The van der Waals surface area contributed by atoms with Gasteiger partial charge in [-0.25, -0.2) is 14.8 Å². The predicted octanol–water partition coefficient (Wildman–Crippen LogP) is 2.23. The lowest BCUT2D eigenvalue weighted by atomic mass is 10.2. The third-order valence-corrected chi connectivity index (χ3v) is 5.42. The van der Waals surface area contributed by atoms with Crippen LogP contribution in [0.25, 0.3) is 10.2 Å². The van der Waals surface area contributed by atoms with Gasteiger partial charge in [-0.05, 0) is 12.1 Å². The number of nitrogens with zero attached hydrogens (tertiary/aromatic N) is 3. The Hall–Kier alpha value is -2.13. The van der Waals surface area contributed by atoms with Crippen LogP contribution < -0.4 is 5.01 Å². The molecule has 0 radical (unpaired) electrons. The van der Waals surface area contributed by atoms with Gasteiger partial charge in [-0.15, -0.1) is 0 Å². The van der Waals surface area contributed by atoms with Crippen molar-refractivity contribution in [2.45, 2.75) is 11.3 Å². The molecule has 0 fully saturated rings. The van der Waals surface area contributed by atoms with Crippen molar-refractivity contribution in [3.8, 4) is 0 Å². The molecule has 1 aromatic carbocycles. The van der Waals surface area contributed by atoms with Gasteiger partial charge in [0, 0.05) is 0 Å². The zero-order valence-electron chi connectivity index (χ0n) is 12.4. The maximum Gasteiger partial charge on any atom is 0.345 e. The first-order valence-electron chi connectivity index (χ1n) is 6.62. The normalized spacial score (nSPS) is 20.0. The molecule has 120 valence electrons. The number of aromatic nitrogens is 1. The van der Waals surface area contributed by atoms with E-state index in [1.165, 1.54) is 36.1 Å². The number of esters is 2. The fourth-order valence-electron chi connectivity index (χ4n) is 2.21. The first-order chi connectivity index (χ1) is 11.1. The van der Waals surface area contributed by atoms with Crippen molar-refractivity contribution >= 4 is 55.9 Å². The van der Waals surface area contributed by atoms with Crippen LogP contribution in [0.15, 0.2) is 29.4 Å². The Balaban J connectivity index is 2.05. The van der Waals surface area contributed by atoms with Gasteiger partial charge in [0.25, 0.3) is 0 Å². The van der Waals surface area contributed by atoms with Crippen LogP contribution in [0.1, 0.15) is 6.42 Å². The maximum atomic E-state index is 12.4. The fourth-order valence-corrected chi connectivity index (χ4v) is 4.19. The highest BCUT2D eigenvalue weighted by molar-refractivity contribution is 8.14. The fraction of sp³-hybridized carbons (Fsp3) is 0.286. The Morgan fingerprint density at radius 2 is 2.04 bits per heavy atom. The number of fused-ring (bicyclic) bond motifs is 1. The number of carbonyl (C=O) groups is 2. The first-order valence-corrected chi connectivity index (χ1v) is 8.31. The standard InChI is InChI=1S/C14H13N3O4S2/c1-20-11(18)7-14(12(19)21-2)17(15-8-22-14)13-16-9-5-3-4-6-10(9)23-13/h3-6,8H,7H2,1-2H3. The number of carbonyl (C=O) groups excluding carboxylic acids is 2. The molecule has 0 bridgehead atoms. The number of methoxy groups -OCH3 is 2. The largest absolute Gasteiger partial charge is 0.469 e. The van der Waals surface area contributed by atoms with Crippen LogP contribution in [0.3, 0.4) is 0 Å². The zero-order chi connectivity index (χ0) is 16.4. The summed E-state index contributed by atoms with van der Waals surface area (Å²) in [5, 5.41) is 6.17. The highest BCUT2D eigenvalue weighted by atomic mass is 32.2. The molecule has 1 aliphatic heterocycles. The van der Waals surface area contributed by atoms with E-state index in [0.717, 1.165) is 22.0 Å². The van der Waals surface area contributed by atoms with Crippen LogP contribution in [0.5, 0.6) is 0 Å². The molecule has 2 aromatic rings. The van der Waals surface area contributed by atoms with Gasteiger partial charge in [-0.1, -0.05) is 35.2 Å². The van der Waals surface area contributed by atoms with Gasteiger partial charge in [-0.3, -0.25) is 4.79 Å². The van der Waals surface area contributed by atoms with Crippen LogP contribution in [-0.2, 0) is 19.1 Å². The molecule has 1 unspecified atom stereocenters. The van der Waals surface area contributed by atoms with Crippen molar-refractivity contribution in [3.63, 3.8) is 0 Å². The zero-order valence-corrected chi connectivity index (χ0v) is 14.0. The van der Waals surface area contributed by atoms with Crippen LogP contribution >= 0.6 is 23.1 Å². The van der Waals surface area contributed by atoms with Crippen molar-refractivity contribution in [2.24, 2.45) is 5.10 Å². The lowest BCUT2D eigenvalue weighted by Gasteiger charge is -2.30. The molecule has 0 amide bonds. The third-order valence-electron chi connectivity index (χ3n) is 3.33. The Kier molecular flexibility index (Phi) is 4.22. The Morgan fingerprint density at radius 3 is 2.74 bits per heavy atom. The predicted molar refractivity (Wildman–Crippen MR) is 89.6 cm³/mol. The van der Waals surface area contributed by atoms with E-state index in [1.807, 2.05) is 24.3 Å². The minimum absolute atomic E-state index is 0.198. The first kappa shape index (κ1) is 15.8. The molecule has 0 saturated heterocycles. The number of hydrogen-bond donors (Lipinski definition) is 0. The topological polar surface area (TPSA) is 81.1 Å². The third kappa shape index (κ3) is 2.66. The SMILES string of the molecule is COC(=O)CC1(C(=O)OC)SC=NN1c1nc2ccccc2s1. The van der Waals surface area contributed by atoms with E-state index in [9.17, 15) is 9.59 Å². The molecular formula is C14H13N3O4S2. The number of para-hydroxylation sites is 1. The minimum atomic E-state index is -1.34. The molecule has 0 saturated carbocycles. The molecule has 1 aromatic heterocycles. The number of hydrogen-bond acceptors (Lipinski definition) is 9. The van der Waals surface area contributed by atoms with Gasteiger partial charge in [0.15, 0.2) is 0 Å². The second-order valence-electron chi connectivity index (χ2n) is 4.64. The Morgan fingerprint density at radius 1 is 1.26 bits per heavy atom. The number of thioether (sulfide) groups is 1. The Labute approximate surface area is 140 Å². The molecular weight excluding hydrogens is 338 g/mol. The van der Waals surface area contributed by atoms with Crippen LogP contribution in [0, 0.1) is 0 Å². The van der Waals surface area contributed by atoms with Gasteiger partial charge in [0.05, 0.1) is 36.4 Å². The van der Waals surface area contributed by atoms with Gasteiger partial charge in [0.2, 0.25) is 10.0 Å². The van der Waals surface area contributed by atoms with E-state index >= 15 is 0 Å². The average molecular weight is 351 g/mol. The highest BCUT2D eigenvalue weighted by Gasteiger charge is 2.52. The summed E-state index contributed by atoms with van der Waals surface area (Å²) in [5.41, 5.74) is 2.31. The van der Waals surface area contributed by atoms with Gasteiger partial charge >= 0.3 is 11.9 Å². The molecule has 0 aliphatic carbocycles. The van der Waals surface area contributed by atoms with Crippen molar-refractivity contribution in [2.75, 3.05) is 19.2 Å². The second-order valence-corrected chi connectivity index (χ2v) is 6.77. The summed E-state index contributed by atoms with van der Waals surface area (Å²) < 4.78 is 10.6. The summed E-state index contributed by atoms with van der Waals surface area (Å²) in [6, 6.07) is 7.61. The smallest absolute Gasteiger partial charge is 0.345 e. The quantitative estimate of drug-likeness (QED) is 0.781. The molecule has 9 heteroatoms. The molecule has 2 heterocycles. The molecule has 3 rings (SSSR count). The number of rotatable bonds is 4. The van der Waals surface area contributed by atoms with Gasteiger partial charge in [0.1, 0.15) is 0 Å². The molecule has 0 N–H and O–H groups in total. The number of thiazole rings is 1. The van der Waals surface area contributed by atoms with Gasteiger partial charge in [-0.2, -0.15) is 5.10 Å². The summed E-state index contributed by atoms with van der Waals surface area (Å²) in [4.78, 5) is 27.4. The summed E-state index contributed by atoms with van der Waals surface area (Å²) in [7, 11) is 2.55. The van der Waals surface area contributed by atoms with E-state index in [0.29, 0.717) is 5.13 Å². The Bertz CT molecular complexity index is 758. The van der Waals surface area contributed by atoms with Gasteiger partial charge < -0.3 is 9.47 Å². The lowest BCUT2D eigenvalue weighted by molar-refractivity contribution is -0.150. The highest BCUT2D eigenvalue weighted by Crippen LogP contribution is 2.43. The van der Waals surface area contributed by atoms with E-state index in [4.69, 9.17) is 9.47 Å². The second kappa shape index (κ2) is 6.17. The van der Waals surface area contributed by atoms with Crippen molar-refractivity contribution < 1.29 is 19.1 Å². The number of ether oxygens (including phenoxy) is 2. The van der Waals surface area contributed by atoms with E-state index < -0.39 is 16.8 Å². The molecule has 0 spiro atoms. The number of benzene rings is 1. The number of hydrazone groups is 1. The van der Waals surface area contributed by atoms with E-state index in [2.05, 4.69) is 10.1 Å². The number of anilines is 1. The van der Waals surface area contributed by atoms with Crippen LogP contribution in [-0.4, -0.2) is 41.6 Å². The minimum Gasteiger partial charge on any atom is -0.469 e. The summed E-state index contributed by atoms with van der Waals surface area (Å²) in [6.07, 6.45) is -0.198. The van der Waals surface area contributed by atoms with E-state index in [-0.39, 0.29) is 6.42 Å². The maximum absolute atomic E-state index is 12.4. The van der Waals surface area contributed by atoms with Crippen molar-refractivity contribution in [1.82, 2.24) is 4.98 Å². The molecule has 1 aliphatic rings. The summed E-state index contributed by atoms with van der Waals surface area (Å²) in [6.45, 7) is 0. The summed E-state index contributed by atoms with van der Waals surface area (Å²) in [5.74, 6) is -1.11. The average Bonchev–Trinajstić information content (AvgIpc) is 3.17. The summed E-state index contributed by atoms with van der Waals surface area (Å²) >= 11 is 2.49. The van der Waals surface area contributed by atoms with Crippen LogP contribution in [0.4, 0.5) is 5.13 Å².